The normalized spacial score (nSPS) is 10.1. The fourth-order valence-electron chi connectivity index (χ4n) is 1.56. The highest BCUT2D eigenvalue weighted by atomic mass is 32.1. The standard InChI is InChI=1S/C13H17FN2OS/c1-9-5-6-10(14)8-11(9)13(17)16-7-3-2-4-12(15)18/h5-6,8H,2-4,7H2,1H3,(H2,15,18)(H,16,17). The van der Waals surface area contributed by atoms with E-state index in [0.29, 0.717) is 23.5 Å². The molecule has 0 saturated carbocycles. The second-order valence-corrected chi connectivity index (χ2v) is 4.66. The number of unbranched alkanes of at least 4 members (excludes halogenated alkanes) is 1. The lowest BCUT2D eigenvalue weighted by atomic mass is 10.1. The summed E-state index contributed by atoms with van der Waals surface area (Å²) in [7, 11) is 0. The van der Waals surface area contributed by atoms with Crippen LogP contribution in [0.3, 0.4) is 0 Å². The van der Waals surface area contributed by atoms with Crippen LogP contribution in [0.2, 0.25) is 0 Å². The van der Waals surface area contributed by atoms with Gasteiger partial charge in [0.1, 0.15) is 5.82 Å². The number of aryl methyl sites for hydroxylation is 1. The van der Waals surface area contributed by atoms with E-state index in [1.165, 1.54) is 12.1 Å². The van der Waals surface area contributed by atoms with Gasteiger partial charge >= 0.3 is 0 Å². The molecule has 0 aliphatic heterocycles. The first-order chi connectivity index (χ1) is 8.50. The molecule has 0 heterocycles. The van der Waals surface area contributed by atoms with Crippen LogP contribution >= 0.6 is 12.2 Å². The summed E-state index contributed by atoms with van der Waals surface area (Å²) in [5.41, 5.74) is 6.50. The first-order valence-corrected chi connectivity index (χ1v) is 6.24. The highest BCUT2D eigenvalue weighted by molar-refractivity contribution is 7.80. The minimum absolute atomic E-state index is 0.248. The minimum atomic E-state index is -0.403. The van der Waals surface area contributed by atoms with Crippen LogP contribution in [0.15, 0.2) is 18.2 Å². The number of nitrogens with two attached hydrogens (primary N) is 1. The number of hydrogen-bond acceptors (Lipinski definition) is 2. The smallest absolute Gasteiger partial charge is 0.251 e. The van der Waals surface area contributed by atoms with Crippen molar-refractivity contribution in [1.29, 1.82) is 0 Å². The van der Waals surface area contributed by atoms with Gasteiger partial charge in [-0.1, -0.05) is 18.3 Å². The molecule has 0 spiro atoms. The van der Waals surface area contributed by atoms with Gasteiger partial charge in [0.2, 0.25) is 0 Å². The van der Waals surface area contributed by atoms with Gasteiger partial charge in [0.25, 0.3) is 5.91 Å². The molecule has 0 aliphatic carbocycles. The zero-order valence-corrected chi connectivity index (χ0v) is 11.1. The minimum Gasteiger partial charge on any atom is -0.393 e. The Hall–Kier alpha value is -1.49. The lowest BCUT2D eigenvalue weighted by Gasteiger charge is -2.07. The molecule has 0 bridgehead atoms. The third-order valence-electron chi connectivity index (χ3n) is 2.58. The Kier molecular flexibility index (Phi) is 5.71. The van der Waals surface area contributed by atoms with E-state index < -0.39 is 5.82 Å². The van der Waals surface area contributed by atoms with Crippen LogP contribution in [0, 0.1) is 12.7 Å². The van der Waals surface area contributed by atoms with Crippen molar-refractivity contribution in [2.45, 2.75) is 26.2 Å². The molecule has 5 heteroatoms. The Balaban J connectivity index is 2.41. The zero-order valence-electron chi connectivity index (χ0n) is 10.3. The number of thiocarbonyl (C=S) groups is 1. The molecule has 0 aromatic heterocycles. The Morgan fingerprint density at radius 2 is 2.17 bits per heavy atom. The van der Waals surface area contributed by atoms with Crippen molar-refractivity contribution in [3.63, 3.8) is 0 Å². The third-order valence-corrected chi connectivity index (χ3v) is 2.78. The average molecular weight is 268 g/mol. The maximum absolute atomic E-state index is 13.0. The van der Waals surface area contributed by atoms with E-state index in [2.05, 4.69) is 5.32 Å². The van der Waals surface area contributed by atoms with Gasteiger partial charge in [-0.2, -0.15) is 0 Å². The van der Waals surface area contributed by atoms with Gasteiger partial charge < -0.3 is 11.1 Å². The summed E-state index contributed by atoms with van der Waals surface area (Å²) in [6.07, 6.45) is 2.33. The van der Waals surface area contributed by atoms with Crippen molar-refractivity contribution >= 4 is 23.1 Å². The highest BCUT2D eigenvalue weighted by Gasteiger charge is 2.09. The molecular weight excluding hydrogens is 251 g/mol. The van der Waals surface area contributed by atoms with Crippen molar-refractivity contribution in [3.8, 4) is 0 Å². The molecule has 0 aliphatic rings. The van der Waals surface area contributed by atoms with Gasteiger partial charge in [0.15, 0.2) is 0 Å². The van der Waals surface area contributed by atoms with Crippen LogP contribution in [0.1, 0.15) is 35.2 Å². The number of halogens is 1. The maximum atomic E-state index is 13.0. The number of benzene rings is 1. The van der Waals surface area contributed by atoms with Crippen molar-refractivity contribution in [2.75, 3.05) is 6.54 Å². The summed E-state index contributed by atoms with van der Waals surface area (Å²) in [4.78, 5) is 12.3. The largest absolute Gasteiger partial charge is 0.393 e. The second-order valence-electron chi connectivity index (χ2n) is 4.14. The summed E-state index contributed by atoms with van der Waals surface area (Å²) >= 11 is 4.75. The summed E-state index contributed by atoms with van der Waals surface area (Å²) in [6.45, 7) is 2.32. The summed E-state index contributed by atoms with van der Waals surface area (Å²) < 4.78 is 13.0. The highest BCUT2D eigenvalue weighted by Crippen LogP contribution is 2.10. The molecule has 0 fully saturated rings. The predicted molar refractivity (Wildman–Crippen MR) is 74.1 cm³/mol. The topological polar surface area (TPSA) is 55.1 Å². The molecule has 0 unspecified atom stereocenters. The monoisotopic (exact) mass is 268 g/mol. The molecule has 1 amide bonds. The van der Waals surface area contributed by atoms with Crippen molar-refractivity contribution in [3.05, 3.63) is 35.1 Å². The number of amides is 1. The maximum Gasteiger partial charge on any atom is 0.251 e. The average Bonchev–Trinajstić information content (AvgIpc) is 2.31. The summed E-state index contributed by atoms with van der Waals surface area (Å²) in [6, 6.07) is 4.19. The third kappa shape index (κ3) is 4.79. The van der Waals surface area contributed by atoms with E-state index in [1.54, 1.807) is 13.0 Å². The Bertz CT molecular complexity index is 449. The zero-order chi connectivity index (χ0) is 13.5. The number of carbonyl (C=O) groups excluding carboxylic acids is 1. The number of carbonyl (C=O) groups is 1. The van der Waals surface area contributed by atoms with Gasteiger partial charge in [-0.15, -0.1) is 0 Å². The lowest BCUT2D eigenvalue weighted by Crippen LogP contribution is -2.25. The predicted octanol–water partition coefficient (Wildman–Crippen LogP) is 2.32. The summed E-state index contributed by atoms with van der Waals surface area (Å²) in [5, 5.41) is 2.75. The Morgan fingerprint density at radius 1 is 1.44 bits per heavy atom. The molecule has 1 rings (SSSR count). The van der Waals surface area contributed by atoms with Gasteiger partial charge in [-0.05, 0) is 43.9 Å². The van der Waals surface area contributed by atoms with Crippen LogP contribution in [-0.2, 0) is 0 Å². The number of rotatable bonds is 6. The van der Waals surface area contributed by atoms with E-state index in [9.17, 15) is 9.18 Å². The Labute approximate surface area is 112 Å². The number of hydrogen-bond donors (Lipinski definition) is 2. The van der Waals surface area contributed by atoms with E-state index >= 15 is 0 Å². The van der Waals surface area contributed by atoms with Gasteiger partial charge in [0, 0.05) is 12.1 Å². The Morgan fingerprint density at radius 3 is 2.83 bits per heavy atom. The van der Waals surface area contributed by atoms with Crippen LogP contribution in [0.5, 0.6) is 0 Å². The fourth-order valence-corrected chi connectivity index (χ4v) is 1.70. The lowest BCUT2D eigenvalue weighted by molar-refractivity contribution is 0.0952. The summed E-state index contributed by atoms with van der Waals surface area (Å²) in [5.74, 6) is -0.651. The first kappa shape index (κ1) is 14.6. The van der Waals surface area contributed by atoms with E-state index in [4.69, 9.17) is 18.0 Å². The molecule has 3 nitrogen and oxygen atoms in total. The quantitative estimate of drug-likeness (QED) is 0.615. The fraction of sp³-hybridized carbons (Fsp3) is 0.385. The van der Waals surface area contributed by atoms with Crippen molar-refractivity contribution in [1.82, 2.24) is 5.32 Å². The van der Waals surface area contributed by atoms with Crippen LogP contribution in [-0.4, -0.2) is 17.4 Å². The van der Waals surface area contributed by atoms with Crippen LogP contribution in [0.25, 0.3) is 0 Å². The van der Waals surface area contributed by atoms with Crippen molar-refractivity contribution in [2.24, 2.45) is 5.73 Å². The van der Waals surface area contributed by atoms with Gasteiger partial charge in [-0.25, -0.2) is 4.39 Å². The van der Waals surface area contributed by atoms with E-state index in [0.717, 1.165) is 18.4 Å². The van der Waals surface area contributed by atoms with Crippen LogP contribution in [0.4, 0.5) is 4.39 Å². The van der Waals surface area contributed by atoms with Gasteiger partial charge in [-0.3, -0.25) is 4.79 Å². The molecule has 3 N–H and O–H groups in total. The molecule has 18 heavy (non-hydrogen) atoms. The molecule has 0 radical (unpaired) electrons. The van der Waals surface area contributed by atoms with E-state index in [1.807, 2.05) is 0 Å². The van der Waals surface area contributed by atoms with Crippen molar-refractivity contribution < 1.29 is 9.18 Å². The molecule has 0 saturated heterocycles. The molecule has 98 valence electrons. The SMILES string of the molecule is Cc1ccc(F)cc1C(=O)NCCCCC(N)=S. The number of nitrogens with one attached hydrogen (secondary N) is 1. The molecule has 0 atom stereocenters. The molecule has 1 aromatic rings. The first-order valence-electron chi connectivity index (χ1n) is 5.83. The molecular formula is C13H17FN2OS. The molecule has 1 aromatic carbocycles. The second kappa shape index (κ2) is 7.06. The van der Waals surface area contributed by atoms with Gasteiger partial charge in [0.05, 0.1) is 4.99 Å². The van der Waals surface area contributed by atoms with E-state index in [-0.39, 0.29) is 5.91 Å². The van der Waals surface area contributed by atoms with Crippen LogP contribution < -0.4 is 11.1 Å².